The van der Waals surface area contributed by atoms with Crippen molar-refractivity contribution in [1.29, 1.82) is 0 Å². The number of carbonyl (C=O) groups excluding carboxylic acids is 1. The molecule has 4 aromatic rings. The normalized spacial score (nSPS) is 15.9. The molecule has 1 saturated heterocycles. The fourth-order valence-corrected chi connectivity index (χ4v) is 4.29. The largest absolute Gasteiger partial charge is 0.338 e. The molecule has 1 amide bonds. The summed E-state index contributed by atoms with van der Waals surface area (Å²) < 4.78 is 14.3. The van der Waals surface area contributed by atoms with Crippen LogP contribution in [0.2, 0.25) is 0 Å². The Bertz CT molecular complexity index is 1270. The molecule has 4 heterocycles. The third-order valence-corrected chi connectivity index (χ3v) is 5.95. The van der Waals surface area contributed by atoms with Crippen molar-refractivity contribution in [1.82, 2.24) is 24.8 Å². The molecule has 0 aliphatic carbocycles. The van der Waals surface area contributed by atoms with E-state index in [-0.39, 0.29) is 17.4 Å². The molecule has 1 aliphatic rings. The number of hydrogen-bond donors (Lipinski definition) is 0. The van der Waals surface area contributed by atoms with Gasteiger partial charge in [-0.15, -0.1) is 0 Å². The zero-order valence-corrected chi connectivity index (χ0v) is 17.9. The van der Waals surface area contributed by atoms with Gasteiger partial charge >= 0.3 is 0 Å². The van der Waals surface area contributed by atoms with E-state index < -0.39 is 5.82 Å². The van der Waals surface area contributed by atoms with Crippen LogP contribution in [0.25, 0.3) is 22.5 Å². The molecule has 0 N–H and O–H groups in total. The second-order valence-corrected chi connectivity index (χ2v) is 8.03. The number of carbonyl (C=O) groups is 1. The van der Waals surface area contributed by atoms with Gasteiger partial charge in [-0.3, -0.25) is 14.8 Å². The second kappa shape index (κ2) is 9.24. The molecule has 5 rings (SSSR count). The van der Waals surface area contributed by atoms with E-state index in [1.165, 1.54) is 12.1 Å². The highest BCUT2D eigenvalue weighted by molar-refractivity contribution is 5.94. The second-order valence-electron chi connectivity index (χ2n) is 8.03. The summed E-state index contributed by atoms with van der Waals surface area (Å²) in [6, 6.07) is 13.7. The molecule has 33 heavy (non-hydrogen) atoms. The number of amides is 1. The molecule has 1 unspecified atom stereocenters. The van der Waals surface area contributed by atoms with Crippen LogP contribution in [0.5, 0.6) is 0 Å². The lowest BCUT2D eigenvalue weighted by Gasteiger charge is -2.33. The number of benzene rings is 1. The number of piperidine rings is 1. The molecule has 1 aromatic carbocycles. The first-order chi connectivity index (χ1) is 16.2. The van der Waals surface area contributed by atoms with Gasteiger partial charge in [0.2, 0.25) is 0 Å². The van der Waals surface area contributed by atoms with Crippen LogP contribution in [0, 0.1) is 5.82 Å². The summed E-state index contributed by atoms with van der Waals surface area (Å²) in [4.78, 5) is 32.6. The summed E-state index contributed by atoms with van der Waals surface area (Å²) in [7, 11) is 0. The topological polar surface area (TPSA) is 71.9 Å². The predicted molar refractivity (Wildman–Crippen MR) is 123 cm³/mol. The van der Waals surface area contributed by atoms with E-state index in [4.69, 9.17) is 4.98 Å². The van der Waals surface area contributed by atoms with Gasteiger partial charge in [0.25, 0.3) is 5.91 Å². The summed E-state index contributed by atoms with van der Waals surface area (Å²) in [6.45, 7) is 1.06. The molecule has 0 bridgehead atoms. The third kappa shape index (κ3) is 4.35. The van der Waals surface area contributed by atoms with Gasteiger partial charge in [-0.1, -0.05) is 12.1 Å². The first kappa shape index (κ1) is 20.9. The van der Waals surface area contributed by atoms with Gasteiger partial charge in [0.1, 0.15) is 5.82 Å². The van der Waals surface area contributed by atoms with Gasteiger partial charge in [-0.2, -0.15) is 0 Å². The monoisotopic (exact) mass is 439 g/mol. The number of likely N-dealkylation sites (tertiary alicyclic amines) is 1. The van der Waals surface area contributed by atoms with Crippen LogP contribution in [0.4, 0.5) is 4.39 Å². The van der Waals surface area contributed by atoms with E-state index in [1.807, 2.05) is 30.5 Å². The van der Waals surface area contributed by atoms with Crippen LogP contribution >= 0.6 is 0 Å². The molecule has 3 aromatic heterocycles. The molecular formula is C26H22FN5O. The first-order valence-corrected chi connectivity index (χ1v) is 10.9. The predicted octanol–water partition coefficient (Wildman–Crippen LogP) is 4.76. The van der Waals surface area contributed by atoms with Gasteiger partial charge in [0.05, 0.1) is 11.3 Å². The highest BCUT2D eigenvalue weighted by atomic mass is 19.1. The van der Waals surface area contributed by atoms with E-state index in [0.717, 1.165) is 35.2 Å². The van der Waals surface area contributed by atoms with Crippen molar-refractivity contribution in [2.75, 3.05) is 13.1 Å². The van der Waals surface area contributed by atoms with E-state index >= 15 is 0 Å². The number of nitrogens with zero attached hydrogens (tertiary/aromatic N) is 5. The maximum Gasteiger partial charge on any atom is 0.256 e. The van der Waals surface area contributed by atoms with Crippen LogP contribution in [0.3, 0.4) is 0 Å². The first-order valence-electron chi connectivity index (χ1n) is 10.9. The summed E-state index contributed by atoms with van der Waals surface area (Å²) in [5.74, 6) is -0.167. The average Bonchev–Trinajstić information content (AvgIpc) is 2.89. The smallest absolute Gasteiger partial charge is 0.256 e. The van der Waals surface area contributed by atoms with E-state index in [9.17, 15) is 9.18 Å². The van der Waals surface area contributed by atoms with E-state index in [0.29, 0.717) is 18.9 Å². The molecule has 0 radical (unpaired) electrons. The van der Waals surface area contributed by atoms with Crippen LogP contribution in [0.1, 0.15) is 34.8 Å². The Hall–Kier alpha value is -4.00. The van der Waals surface area contributed by atoms with Gasteiger partial charge in [0, 0.05) is 61.1 Å². The standard InChI is InChI=1S/C26H22FN5O/c27-23-6-2-1-5-21(23)26(33)32-15-3-4-20(17-32)24-22(18-7-11-28-12-8-18)16-30-25(31-24)19-9-13-29-14-10-19/h1-2,5-14,16,20H,3-4,15,17H2. The molecule has 6 nitrogen and oxygen atoms in total. The molecule has 1 atom stereocenters. The lowest BCUT2D eigenvalue weighted by molar-refractivity contribution is 0.0701. The Morgan fingerprint density at radius 3 is 2.36 bits per heavy atom. The van der Waals surface area contributed by atoms with Crippen molar-refractivity contribution in [2.24, 2.45) is 0 Å². The van der Waals surface area contributed by atoms with E-state index in [1.54, 1.807) is 41.8 Å². The highest BCUT2D eigenvalue weighted by Gasteiger charge is 2.29. The van der Waals surface area contributed by atoms with Crippen LogP contribution in [-0.2, 0) is 0 Å². The number of rotatable bonds is 4. The molecule has 0 spiro atoms. The molecular weight excluding hydrogens is 417 g/mol. The number of halogens is 1. The lowest BCUT2D eigenvalue weighted by atomic mass is 9.89. The van der Waals surface area contributed by atoms with Gasteiger partial charge in [-0.05, 0) is 54.8 Å². The number of pyridine rings is 2. The average molecular weight is 439 g/mol. The van der Waals surface area contributed by atoms with Crippen LogP contribution in [0.15, 0.2) is 79.5 Å². The summed E-state index contributed by atoms with van der Waals surface area (Å²) in [5.41, 5.74) is 3.75. The minimum Gasteiger partial charge on any atom is -0.338 e. The number of aromatic nitrogens is 4. The minimum absolute atomic E-state index is 0.00114. The molecule has 1 fully saturated rings. The van der Waals surface area contributed by atoms with Crippen LogP contribution < -0.4 is 0 Å². The Morgan fingerprint density at radius 1 is 0.939 bits per heavy atom. The van der Waals surface area contributed by atoms with Crippen molar-refractivity contribution in [2.45, 2.75) is 18.8 Å². The summed E-state index contributed by atoms with van der Waals surface area (Å²) in [6.07, 6.45) is 10.4. The minimum atomic E-state index is -0.496. The molecule has 7 heteroatoms. The molecule has 1 aliphatic heterocycles. The summed E-state index contributed by atoms with van der Waals surface area (Å²) in [5, 5.41) is 0. The maximum atomic E-state index is 14.3. The third-order valence-electron chi connectivity index (χ3n) is 5.95. The van der Waals surface area contributed by atoms with Gasteiger partial charge < -0.3 is 4.90 Å². The Morgan fingerprint density at radius 2 is 1.64 bits per heavy atom. The highest BCUT2D eigenvalue weighted by Crippen LogP contribution is 2.34. The number of hydrogen-bond acceptors (Lipinski definition) is 5. The van der Waals surface area contributed by atoms with E-state index in [2.05, 4.69) is 15.0 Å². The summed E-state index contributed by atoms with van der Waals surface area (Å²) >= 11 is 0. The van der Waals surface area contributed by atoms with Crippen molar-refractivity contribution in [3.8, 4) is 22.5 Å². The fraction of sp³-hybridized carbons (Fsp3) is 0.192. The molecule has 0 saturated carbocycles. The molecule has 164 valence electrons. The lowest BCUT2D eigenvalue weighted by Crippen LogP contribution is -2.39. The van der Waals surface area contributed by atoms with Gasteiger partial charge in [0.15, 0.2) is 5.82 Å². The Balaban J connectivity index is 1.52. The Kier molecular flexibility index (Phi) is 5.85. The quantitative estimate of drug-likeness (QED) is 0.459. The van der Waals surface area contributed by atoms with Crippen molar-refractivity contribution < 1.29 is 9.18 Å². The van der Waals surface area contributed by atoms with Gasteiger partial charge in [-0.25, -0.2) is 14.4 Å². The SMILES string of the molecule is O=C(c1ccccc1F)N1CCCC(c2nc(-c3ccncc3)ncc2-c2ccncc2)C1. The van der Waals surface area contributed by atoms with Crippen molar-refractivity contribution in [3.63, 3.8) is 0 Å². The van der Waals surface area contributed by atoms with Crippen molar-refractivity contribution in [3.05, 3.63) is 96.6 Å². The zero-order chi connectivity index (χ0) is 22.6. The maximum absolute atomic E-state index is 14.3. The van der Waals surface area contributed by atoms with Crippen molar-refractivity contribution >= 4 is 5.91 Å². The fourth-order valence-electron chi connectivity index (χ4n) is 4.29. The zero-order valence-electron chi connectivity index (χ0n) is 17.9. The van der Waals surface area contributed by atoms with Crippen LogP contribution in [-0.4, -0.2) is 43.8 Å². The Labute approximate surface area is 191 Å².